The van der Waals surface area contributed by atoms with E-state index in [-0.39, 0.29) is 0 Å². The van der Waals surface area contributed by atoms with Gasteiger partial charge in [0, 0.05) is 12.0 Å². The summed E-state index contributed by atoms with van der Waals surface area (Å²) in [6.07, 6.45) is 9.38. The molecular weight excluding hydrogens is 242 g/mol. The van der Waals surface area contributed by atoms with Crippen molar-refractivity contribution in [3.63, 3.8) is 0 Å². The van der Waals surface area contributed by atoms with E-state index in [1.165, 1.54) is 50.5 Å². The van der Waals surface area contributed by atoms with Gasteiger partial charge in [0.1, 0.15) is 0 Å². The summed E-state index contributed by atoms with van der Waals surface area (Å²) in [7, 11) is 0. The summed E-state index contributed by atoms with van der Waals surface area (Å²) in [5, 5.41) is 3.59. The van der Waals surface area contributed by atoms with Crippen LogP contribution < -0.4 is 5.32 Å². The standard InChI is InChI=1S/C19H33N/c1-4-7-8-9-13-16-19(5-2,17-20-6-3)18-14-11-10-12-15-18/h10-12,14-15,20H,4-9,13,16-17H2,1-3H3. The van der Waals surface area contributed by atoms with Crippen molar-refractivity contribution in [3.05, 3.63) is 35.9 Å². The molecule has 0 aliphatic carbocycles. The fourth-order valence-corrected chi connectivity index (χ4v) is 3.06. The van der Waals surface area contributed by atoms with Crippen molar-refractivity contribution < 1.29 is 0 Å². The second-order valence-corrected chi connectivity index (χ2v) is 5.94. The van der Waals surface area contributed by atoms with Gasteiger partial charge in [-0.3, -0.25) is 0 Å². The van der Waals surface area contributed by atoms with Crippen LogP contribution in [0.3, 0.4) is 0 Å². The average molecular weight is 275 g/mol. The van der Waals surface area contributed by atoms with Crippen LogP contribution >= 0.6 is 0 Å². The molecule has 0 bridgehead atoms. The molecule has 0 saturated heterocycles. The maximum atomic E-state index is 3.59. The lowest BCUT2D eigenvalue weighted by Crippen LogP contribution is -2.37. The van der Waals surface area contributed by atoms with Crippen molar-refractivity contribution in [1.82, 2.24) is 5.32 Å². The Kier molecular flexibility index (Phi) is 8.60. The molecule has 0 aliphatic heterocycles. The Labute approximate surface area is 126 Å². The zero-order valence-corrected chi connectivity index (χ0v) is 13.8. The maximum absolute atomic E-state index is 3.59. The van der Waals surface area contributed by atoms with Crippen molar-refractivity contribution in [2.75, 3.05) is 13.1 Å². The summed E-state index contributed by atoms with van der Waals surface area (Å²) in [6, 6.07) is 11.1. The molecule has 0 spiro atoms. The zero-order chi connectivity index (χ0) is 14.7. The normalized spacial score (nSPS) is 14.2. The van der Waals surface area contributed by atoms with Gasteiger partial charge in [-0.15, -0.1) is 0 Å². The number of rotatable bonds is 11. The highest BCUT2D eigenvalue weighted by atomic mass is 14.9. The first-order chi connectivity index (χ1) is 9.79. The van der Waals surface area contributed by atoms with Gasteiger partial charge in [0.2, 0.25) is 0 Å². The summed E-state index contributed by atoms with van der Waals surface area (Å²) in [5.74, 6) is 0. The topological polar surface area (TPSA) is 12.0 Å². The number of hydrogen-bond donors (Lipinski definition) is 1. The second kappa shape index (κ2) is 9.99. The highest BCUT2D eigenvalue weighted by Crippen LogP contribution is 2.33. The summed E-state index contributed by atoms with van der Waals surface area (Å²) >= 11 is 0. The van der Waals surface area contributed by atoms with E-state index in [0.717, 1.165) is 13.1 Å². The quantitative estimate of drug-likeness (QED) is 0.540. The molecule has 0 heterocycles. The minimum atomic E-state index is 0.323. The van der Waals surface area contributed by atoms with Crippen LogP contribution in [-0.4, -0.2) is 13.1 Å². The van der Waals surface area contributed by atoms with Gasteiger partial charge in [-0.1, -0.05) is 83.2 Å². The maximum Gasteiger partial charge on any atom is 0.00751 e. The van der Waals surface area contributed by atoms with Crippen LogP contribution in [0, 0.1) is 0 Å². The second-order valence-electron chi connectivity index (χ2n) is 5.94. The van der Waals surface area contributed by atoms with Gasteiger partial charge < -0.3 is 5.32 Å². The Morgan fingerprint density at radius 2 is 1.60 bits per heavy atom. The van der Waals surface area contributed by atoms with Gasteiger partial charge in [-0.05, 0) is 24.9 Å². The molecule has 1 aromatic carbocycles. The first kappa shape index (κ1) is 17.2. The van der Waals surface area contributed by atoms with E-state index in [1.54, 1.807) is 0 Å². The lowest BCUT2D eigenvalue weighted by Gasteiger charge is -2.34. The highest BCUT2D eigenvalue weighted by molar-refractivity contribution is 5.25. The average Bonchev–Trinajstić information content (AvgIpc) is 2.51. The predicted octanol–water partition coefficient (Wildman–Crippen LogP) is 5.30. The molecule has 1 rings (SSSR count). The van der Waals surface area contributed by atoms with E-state index < -0.39 is 0 Å². The minimum absolute atomic E-state index is 0.323. The predicted molar refractivity (Wildman–Crippen MR) is 90.3 cm³/mol. The molecule has 1 N–H and O–H groups in total. The van der Waals surface area contributed by atoms with Gasteiger partial charge >= 0.3 is 0 Å². The Morgan fingerprint density at radius 1 is 0.900 bits per heavy atom. The lowest BCUT2D eigenvalue weighted by atomic mass is 9.74. The molecule has 0 fully saturated rings. The molecule has 0 aromatic heterocycles. The molecule has 1 heteroatoms. The van der Waals surface area contributed by atoms with Gasteiger partial charge in [0.25, 0.3) is 0 Å². The van der Waals surface area contributed by atoms with Crippen LogP contribution in [0.15, 0.2) is 30.3 Å². The lowest BCUT2D eigenvalue weighted by molar-refractivity contribution is 0.342. The largest absolute Gasteiger partial charge is 0.316 e. The number of benzene rings is 1. The van der Waals surface area contributed by atoms with Crippen LogP contribution in [0.2, 0.25) is 0 Å². The van der Waals surface area contributed by atoms with Crippen LogP contribution in [0.5, 0.6) is 0 Å². The zero-order valence-electron chi connectivity index (χ0n) is 13.8. The van der Waals surface area contributed by atoms with Gasteiger partial charge in [-0.25, -0.2) is 0 Å². The first-order valence-electron chi connectivity index (χ1n) is 8.55. The van der Waals surface area contributed by atoms with Gasteiger partial charge in [0.15, 0.2) is 0 Å². The third kappa shape index (κ3) is 5.28. The molecule has 0 aliphatic rings. The van der Waals surface area contributed by atoms with E-state index >= 15 is 0 Å². The fourth-order valence-electron chi connectivity index (χ4n) is 3.06. The van der Waals surface area contributed by atoms with Gasteiger partial charge in [0.05, 0.1) is 0 Å². The highest BCUT2D eigenvalue weighted by Gasteiger charge is 2.28. The Balaban J connectivity index is 2.67. The minimum Gasteiger partial charge on any atom is -0.316 e. The Hall–Kier alpha value is -0.820. The fraction of sp³-hybridized carbons (Fsp3) is 0.684. The number of unbranched alkanes of at least 4 members (excludes halogenated alkanes) is 4. The van der Waals surface area contributed by atoms with Gasteiger partial charge in [-0.2, -0.15) is 0 Å². The molecule has 0 saturated carbocycles. The summed E-state index contributed by atoms with van der Waals surface area (Å²) in [6.45, 7) is 9.00. The van der Waals surface area contributed by atoms with Crippen LogP contribution in [0.25, 0.3) is 0 Å². The summed E-state index contributed by atoms with van der Waals surface area (Å²) < 4.78 is 0. The Morgan fingerprint density at radius 3 is 2.20 bits per heavy atom. The molecule has 1 nitrogen and oxygen atoms in total. The van der Waals surface area contributed by atoms with E-state index in [1.807, 2.05) is 0 Å². The number of likely N-dealkylation sites (N-methyl/N-ethyl adjacent to an activating group) is 1. The van der Waals surface area contributed by atoms with Crippen molar-refractivity contribution in [2.24, 2.45) is 0 Å². The van der Waals surface area contributed by atoms with Crippen molar-refractivity contribution in [1.29, 1.82) is 0 Å². The smallest absolute Gasteiger partial charge is 0.00751 e. The Bertz CT molecular complexity index is 333. The summed E-state index contributed by atoms with van der Waals surface area (Å²) in [5.41, 5.74) is 1.84. The van der Waals surface area contributed by atoms with Crippen LogP contribution in [-0.2, 0) is 5.41 Å². The SMILES string of the molecule is CCCCCCCC(CC)(CNCC)c1ccccc1. The number of nitrogens with one attached hydrogen (secondary N) is 1. The van der Waals surface area contributed by atoms with E-state index in [2.05, 4.69) is 56.4 Å². The molecule has 0 radical (unpaired) electrons. The molecule has 1 aromatic rings. The molecular formula is C19H33N. The van der Waals surface area contributed by atoms with Crippen LogP contribution in [0.4, 0.5) is 0 Å². The summed E-state index contributed by atoms with van der Waals surface area (Å²) in [4.78, 5) is 0. The third-order valence-electron chi connectivity index (χ3n) is 4.54. The van der Waals surface area contributed by atoms with Crippen molar-refractivity contribution in [2.45, 2.75) is 71.1 Å². The molecule has 1 atom stereocenters. The number of hydrogen-bond acceptors (Lipinski definition) is 1. The molecule has 114 valence electrons. The molecule has 1 unspecified atom stereocenters. The third-order valence-corrected chi connectivity index (χ3v) is 4.54. The van der Waals surface area contributed by atoms with E-state index in [4.69, 9.17) is 0 Å². The van der Waals surface area contributed by atoms with Crippen molar-refractivity contribution in [3.8, 4) is 0 Å². The van der Waals surface area contributed by atoms with E-state index in [0.29, 0.717) is 5.41 Å². The molecule has 20 heavy (non-hydrogen) atoms. The monoisotopic (exact) mass is 275 g/mol. The van der Waals surface area contributed by atoms with E-state index in [9.17, 15) is 0 Å². The molecule has 0 amide bonds. The first-order valence-corrected chi connectivity index (χ1v) is 8.55. The van der Waals surface area contributed by atoms with Crippen molar-refractivity contribution >= 4 is 0 Å². The van der Waals surface area contributed by atoms with Crippen LogP contribution in [0.1, 0.15) is 71.3 Å².